The van der Waals surface area contributed by atoms with E-state index in [4.69, 9.17) is 16.0 Å². The van der Waals surface area contributed by atoms with Gasteiger partial charge in [-0.25, -0.2) is 4.98 Å². The van der Waals surface area contributed by atoms with Crippen LogP contribution in [-0.4, -0.2) is 42.5 Å². The maximum atomic E-state index is 6.04. The van der Waals surface area contributed by atoms with Gasteiger partial charge in [0.05, 0.1) is 12.2 Å². The Bertz CT molecular complexity index is 783. The van der Waals surface area contributed by atoms with Crippen molar-refractivity contribution in [2.45, 2.75) is 39.8 Å². The lowest BCUT2D eigenvalue weighted by molar-refractivity contribution is 0.164. The fourth-order valence-corrected chi connectivity index (χ4v) is 3.65. The van der Waals surface area contributed by atoms with Crippen LogP contribution < -0.4 is 10.6 Å². The van der Waals surface area contributed by atoms with Crippen molar-refractivity contribution in [1.82, 2.24) is 20.5 Å². The van der Waals surface area contributed by atoms with Crippen LogP contribution in [0.3, 0.4) is 0 Å². The minimum atomic E-state index is 0. The Balaban J connectivity index is 0.00000300. The van der Waals surface area contributed by atoms with E-state index in [1.54, 1.807) is 7.05 Å². The Labute approximate surface area is 195 Å². The van der Waals surface area contributed by atoms with E-state index in [2.05, 4.69) is 31.6 Å². The Kier molecular flexibility index (Phi) is 9.71. The third-order valence-corrected chi connectivity index (χ3v) is 5.50. The van der Waals surface area contributed by atoms with Crippen molar-refractivity contribution in [2.75, 3.05) is 26.7 Å². The number of piperidine rings is 1. The van der Waals surface area contributed by atoms with Crippen molar-refractivity contribution in [3.63, 3.8) is 0 Å². The van der Waals surface area contributed by atoms with Crippen LogP contribution in [0.1, 0.15) is 35.7 Å². The number of likely N-dealkylation sites (tertiary alicyclic amines) is 1. The topological polar surface area (TPSA) is 65.7 Å². The molecular weight excluding hydrogens is 501 g/mol. The van der Waals surface area contributed by atoms with E-state index in [1.807, 2.05) is 32.0 Å². The lowest BCUT2D eigenvalue weighted by Gasteiger charge is -2.31. The molecule has 160 valence electrons. The van der Waals surface area contributed by atoms with Crippen LogP contribution in [0.2, 0.25) is 5.02 Å². The maximum Gasteiger partial charge on any atom is 0.208 e. The Morgan fingerprint density at radius 2 is 2.03 bits per heavy atom. The molecule has 2 N–H and O–H groups in total. The summed E-state index contributed by atoms with van der Waals surface area (Å²) in [6.07, 6.45) is 2.33. The van der Waals surface area contributed by atoms with Crippen molar-refractivity contribution in [1.29, 1.82) is 0 Å². The first-order valence-electron chi connectivity index (χ1n) is 9.87. The van der Waals surface area contributed by atoms with Gasteiger partial charge >= 0.3 is 0 Å². The highest BCUT2D eigenvalue weighted by Crippen LogP contribution is 2.19. The standard InChI is InChI=1S/C21H30ClN5O.HI/c1-15-16(2)28-20(26-15)14-27-9-7-17(8-10-27)12-24-21(23-3)25-13-18-5-4-6-19(22)11-18;/h4-6,11,17H,7-10,12-14H2,1-3H3,(H2,23,24,25);1H. The van der Waals surface area contributed by atoms with E-state index in [0.717, 1.165) is 72.9 Å². The quantitative estimate of drug-likeness (QED) is 0.333. The number of hydrogen-bond acceptors (Lipinski definition) is 4. The summed E-state index contributed by atoms with van der Waals surface area (Å²) in [5.41, 5.74) is 2.13. The van der Waals surface area contributed by atoms with Gasteiger partial charge in [-0.05, 0) is 63.4 Å². The second-order valence-corrected chi connectivity index (χ2v) is 7.84. The fourth-order valence-electron chi connectivity index (χ4n) is 3.44. The van der Waals surface area contributed by atoms with Crippen LogP contribution in [0.4, 0.5) is 0 Å². The molecule has 2 heterocycles. The van der Waals surface area contributed by atoms with Gasteiger partial charge in [0.2, 0.25) is 5.89 Å². The van der Waals surface area contributed by atoms with Crippen molar-refractivity contribution in [3.05, 3.63) is 52.2 Å². The molecule has 1 aromatic carbocycles. The van der Waals surface area contributed by atoms with Crippen LogP contribution in [0.15, 0.2) is 33.7 Å². The molecule has 2 aromatic rings. The van der Waals surface area contributed by atoms with E-state index in [-0.39, 0.29) is 24.0 Å². The molecule has 1 aliphatic heterocycles. The molecule has 0 spiro atoms. The number of hydrogen-bond donors (Lipinski definition) is 2. The molecule has 0 atom stereocenters. The van der Waals surface area contributed by atoms with Crippen molar-refractivity contribution in [2.24, 2.45) is 10.9 Å². The molecule has 1 aliphatic rings. The number of aryl methyl sites for hydroxylation is 2. The predicted octanol–water partition coefficient (Wildman–Crippen LogP) is 4.14. The molecule has 0 unspecified atom stereocenters. The van der Waals surface area contributed by atoms with Crippen molar-refractivity contribution in [3.8, 4) is 0 Å². The smallest absolute Gasteiger partial charge is 0.208 e. The van der Waals surface area contributed by atoms with Crippen LogP contribution in [0.5, 0.6) is 0 Å². The first-order valence-corrected chi connectivity index (χ1v) is 10.3. The number of rotatable bonds is 6. The van der Waals surface area contributed by atoms with Gasteiger partial charge in [-0.3, -0.25) is 9.89 Å². The second-order valence-electron chi connectivity index (χ2n) is 7.41. The third kappa shape index (κ3) is 7.46. The number of halogens is 2. The number of aromatic nitrogens is 1. The number of oxazole rings is 1. The molecule has 8 heteroatoms. The average molecular weight is 532 g/mol. The predicted molar refractivity (Wildman–Crippen MR) is 129 cm³/mol. The zero-order valence-electron chi connectivity index (χ0n) is 17.4. The number of aliphatic imine (C=N–C) groups is 1. The molecule has 0 bridgehead atoms. The van der Waals surface area contributed by atoms with Gasteiger partial charge in [0.15, 0.2) is 5.96 Å². The molecule has 0 radical (unpaired) electrons. The fraction of sp³-hybridized carbons (Fsp3) is 0.524. The van der Waals surface area contributed by atoms with Crippen LogP contribution in [0.25, 0.3) is 0 Å². The van der Waals surface area contributed by atoms with Gasteiger partial charge in [0.25, 0.3) is 0 Å². The minimum absolute atomic E-state index is 0. The molecule has 0 saturated carbocycles. The summed E-state index contributed by atoms with van der Waals surface area (Å²) in [6.45, 7) is 8.54. The Morgan fingerprint density at radius 1 is 1.28 bits per heavy atom. The van der Waals surface area contributed by atoms with Crippen molar-refractivity contribution < 1.29 is 4.42 Å². The van der Waals surface area contributed by atoms with E-state index >= 15 is 0 Å². The number of nitrogens with zero attached hydrogens (tertiary/aromatic N) is 3. The maximum absolute atomic E-state index is 6.04. The van der Waals surface area contributed by atoms with Crippen molar-refractivity contribution >= 4 is 41.5 Å². The van der Waals surface area contributed by atoms with Gasteiger partial charge < -0.3 is 15.1 Å². The zero-order chi connectivity index (χ0) is 19.9. The molecule has 6 nitrogen and oxygen atoms in total. The normalized spacial score (nSPS) is 15.8. The summed E-state index contributed by atoms with van der Waals surface area (Å²) < 4.78 is 5.71. The van der Waals surface area contributed by atoms with E-state index in [0.29, 0.717) is 12.5 Å². The summed E-state index contributed by atoms with van der Waals surface area (Å²) in [6, 6.07) is 7.87. The van der Waals surface area contributed by atoms with Gasteiger partial charge in [0.1, 0.15) is 5.76 Å². The highest BCUT2D eigenvalue weighted by molar-refractivity contribution is 14.0. The molecule has 1 fully saturated rings. The molecule has 0 aliphatic carbocycles. The lowest BCUT2D eigenvalue weighted by Crippen LogP contribution is -2.42. The highest BCUT2D eigenvalue weighted by atomic mass is 127. The first kappa shape index (κ1) is 24.0. The Hall–Kier alpha value is -1.32. The number of benzene rings is 1. The molecule has 29 heavy (non-hydrogen) atoms. The van der Waals surface area contributed by atoms with Crippen LogP contribution in [-0.2, 0) is 13.1 Å². The summed E-state index contributed by atoms with van der Waals surface area (Å²) >= 11 is 6.04. The second kappa shape index (κ2) is 11.8. The SMILES string of the molecule is CN=C(NCc1cccc(Cl)c1)NCC1CCN(Cc2nc(C)c(C)o2)CC1.I. The van der Waals surface area contributed by atoms with Gasteiger partial charge in [0, 0.05) is 25.2 Å². The molecule has 1 saturated heterocycles. The molecule has 3 rings (SSSR count). The molecular formula is C21H31ClIN5O. The highest BCUT2D eigenvalue weighted by Gasteiger charge is 2.21. The minimum Gasteiger partial charge on any atom is -0.444 e. The first-order chi connectivity index (χ1) is 13.5. The average Bonchev–Trinajstić information content (AvgIpc) is 3.00. The largest absolute Gasteiger partial charge is 0.444 e. The summed E-state index contributed by atoms with van der Waals surface area (Å²) in [5, 5.41) is 7.56. The molecule has 1 aromatic heterocycles. The summed E-state index contributed by atoms with van der Waals surface area (Å²) in [7, 11) is 1.80. The van der Waals surface area contributed by atoms with Crippen LogP contribution in [0, 0.1) is 19.8 Å². The zero-order valence-corrected chi connectivity index (χ0v) is 20.5. The summed E-state index contributed by atoms with van der Waals surface area (Å²) in [5.74, 6) is 3.23. The Morgan fingerprint density at radius 3 is 2.66 bits per heavy atom. The lowest BCUT2D eigenvalue weighted by atomic mass is 9.97. The van der Waals surface area contributed by atoms with Crippen LogP contribution >= 0.6 is 35.6 Å². The van der Waals surface area contributed by atoms with E-state index in [1.165, 1.54) is 0 Å². The van der Waals surface area contributed by atoms with Gasteiger partial charge in [-0.1, -0.05) is 23.7 Å². The number of nitrogens with one attached hydrogen (secondary N) is 2. The number of guanidine groups is 1. The summed E-state index contributed by atoms with van der Waals surface area (Å²) in [4.78, 5) is 11.2. The molecule has 0 amide bonds. The monoisotopic (exact) mass is 531 g/mol. The van der Waals surface area contributed by atoms with E-state index < -0.39 is 0 Å². The van der Waals surface area contributed by atoms with Gasteiger partial charge in [-0.15, -0.1) is 24.0 Å². The van der Waals surface area contributed by atoms with E-state index in [9.17, 15) is 0 Å². The third-order valence-electron chi connectivity index (χ3n) is 5.27. The van der Waals surface area contributed by atoms with Gasteiger partial charge in [-0.2, -0.15) is 0 Å².